The number of anilines is 1. The van der Waals surface area contributed by atoms with E-state index in [0.29, 0.717) is 0 Å². The van der Waals surface area contributed by atoms with Gasteiger partial charge < -0.3 is 10.2 Å². The Morgan fingerprint density at radius 1 is 1.33 bits per heavy atom. The van der Waals surface area contributed by atoms with Crippen LogP contribution in [0.2, 0.25) is 5.02 Å². The number of likely N-dealkylation sites (N-methyl/N-ethyl adjacent to an activating group) is 1. The number of benzene rings is 1. The highest BCUT2D eigenvalue weighted by Gasteiger charge is 2.31. The van der Waals surface area contributed by atoms with Crippen molar-refractivity contribution >= 4 is 23.2 Å². The Labute approximate surface area is 108 Å². The molecule has 0 aromatic heterocycles. The summed E-state index contributed by atoms with van der Waals surface area (Å²) in [5.41, 5.74) is -0.695. The number of carbonyl (C=O) groups is 1. The topological polar surface area (TPSA) is 32.3 Å². The zero-order chi connectivity index (χ0) is 13.9. The van der Waals surface area contributed by atoms with Gasteiger partial charge in [-0.05, 0) is 18.2 Å². The second-order valence-electron chi connectivity index (χ2n) is 3.87. The second kappa shape index (κ2) is 5.48. The van der Waals surface area contributed by atoms with E-state index in [1.54, 1.807) is 14.1 Å². The first-order chi connectivity index (χ1) is 8.20. The summed E-state index contributed by atoms with van der Waals surface area (Å²) in [7, 11) is 3.12. The van der Waals surface area contributed by atoms with Crippen molar-refractivity contribution in [3.63, 3.8) is 0 Å². The molecule has 0 saturated heterocycles. The molecule has 1 rings (SSSR count). The van der Waals surface area contributed by atoms with Gasteiger partial charge in [0.05, 0.1) is 12.1 Å². The molecular weight excluding hydrogens is 269 g/mol. The number of rotatable bonds is 3. The van der Waals surface area contributed by atoms with Crippen molar-refractivity contribution in [1.82, 2.24) is 4.90 Å². The van der Waals surface area contributed by atoms with Gasteiger partial charge in [0.15, 0.2) is 0 Å². The Bertz CT molecular complexity index is 446. The first kappa shape index (κ1) is 14.6. The summed E-state index contributed by atoms with van der Waals surface area (Å²) in [6, 6.07) is 3.08. The van der Waals surface area contributed by atoms with E-state index in [9.17, 15) is 18.0 Å². The van der Waals surface area contributed by atoms with E-state index in [1.165, 1.54) is 11.0 Å². The predicted molar refractivity (Wildman–Crippen MR) is 63.6 cm³/mol. The lowest BCUT2D eigenvalue weighted by atomic mass is 10.2. The fourth-order valence-electron chi connectivity index (χ4n) is 1.19. The highest BCUT2D eigenvalue weighted by atomic mass is 35.5. The Morgan fingerprint density at radius 3 is 2.44 bits per heavy atom. The van der Waals surface area contributed by atoms with Crippen LogP contribution in [0.25, 0.3) is 0 Å². The van der Waals surface area contributed by atoms with Crippen molar-refractivity contribution in [3.8, 4) is 0 Å². The first-order valence-electron chi connectivity index (χ1n) is 5.02. The van der Waals surface area contributed by atoms with Gasteiger partial charge in [-0.25, -0.2) is 0 Å². The molecule has 1 aromatic rings. The molecule has 0 aliphatic rings. The van der Waals surface area contributed by atoms with Gasteiger partial charge in [0.1, 0.15) is 0 Å². The van der Waals surface area contributed by atoms with Gasteiger partial charge in [-0.1, -0.05) is 11.6 Å². The maximum Gasteiger partial charge on any atom is 0.416 e. The summed E-state index contributed by atoms with van der Waals surface area (Å²) in [6.45, 7) is -0.0926. The summed E-state index contributed by atoms with van der Waals surface area (Å²) in [5, 5.41) is 2.57. The monoisotopic (exact) mass is 280 g/mol. The van der Waals surface area contributed by atoms with Crippen molar-refractivity contribution in [3.05, 3.63) is 28.8 Å². The van der Waals surface area contributed by atoms with Crippen molar-refractivity contribution in [2.24, 2.45) is 0 Å². The lowest BCUT2D eigenvalue weighted by Crippen LogP contribution is -2.28. The average molecular weight is 281 g/mol. The zero-order valence-electron chi connectivity index (χ0n) is 9.81. The molecule has 0 spiro atoms. The molecule has 0 fully saturated rings. The van der Waals surface area contributed by atoms with E-state index in [-0.39, 0.29) is 23.2 Å². The molecular formula is C11H12ClF3N2O. The summed E-state index contributed by atoms with van der Waals surface area (Å²) in [4.78, 5) is 12.6. The van der Waals surface area contributed by atoms with E-state index >= 15 is 0 Å². The van der Waals surface area contributed by atoms with Gasteiger partial charge in [0, 0.05) is 24.8 Å². The maximum atomic E-state index is 12.5. The molecule has 100 valence electrons. The number of hydrogen-bond acceptors (Lipinski definition) is 2. The highest BCUT2D eigenvalue weighted by Crippen LogP contribution is 2.33. The minimum Gasteiger partial charge on any atom is -0.376 e. The molecule has 1 aromatic carbocycles. The normalized spacial score (nSPS) is 11.2. The SMILES string of the molecule is CN(C)C(=O)CNc1cc(Cl)cc(C(F)(F)F)c1. The van der Waals surface area contributed by atoms with Crippen LogP contribution in [0.15, 0.2) is 18.2 Å². The van der Waals surface area contributed by atoms with Crippen LogP contribution >= 0.6 is 11.6 Å². The second-order valence-corrected chi connectivity index (χ2v) is 4.30. The third-order valence-electron chi connectivity index (χ3n) is 2.17. The minimum atomic E-state index is -4.47. The summed E-state index contributed by atoms with van der Waals surface area (Å²) >= 11 is 5.60. The van der Waals surface area contributed by atoms with Crippen LogP contribution in [-0.2, 0) is 11.0 Å². The number of amides is 1. The van der Waals surface area contributed by atoms with E-state index in [2.05, 4.69) is 5.32 Å². The van der Waals surface area contributed by atoms with Gasteiger partial charge in [-0.2, -0.15) is 13.2 Å². The third kappa shape index (κ3) is 4.10. The number of hydrogen-bond donors (Lipinski definition) is 1. The largest absolute Gasteiger partial charge is 0.416 e. The molecule has 0 unspecified atom stereocenters. The molecule has 0 aliphatic heterocycles. The first-order valence-corrected chi connectivity index (χ1v) is 5.40. The number of halogens is 4. The molecule has 0 heterocycles. The minimum absolute atomic E-state index is 0.0374. The predicted octanol–water partition coefficient (Wildman–Crippen LogP) is 2.86. The van der Waals surface area contributed by atoms with Crippen LogP contribution in [0.4, 0.5) is 18.9 Å². The van der Waals surface area contributed by atoms with Crippen LogP contribution in [-0.4, -0.2) is 31.4 Å². The van der Waals surface area contributed by atoms with Crippen LogP contribution in [0.1, 0.15) is 5.56 Å². The van der Waals surface area contributed by atoms with E-state index in [0.717, 1.165) is 12.1 Å². The molecule has 18 heavy (non-hydrogen) atoms. The molecule has 0 aliphatic carbocycles. The lowest BCUT2D eigenvalue weighted by Gasteiger charge is -2.13. The van der Waals surface area contributed by atoms with Crippen LogP contribution in [0.5, 0.6) is 0 Å². The molecule has 7 heteroatoms. The molecule has 1 N–H and O–H groups in total. The van der Waals surface area contributed by atoms with Crippen molar-refractivity contribution < 1.29 is 18.0 Å². The fourth-order valence-corrected chi connectivity index (χ4v) is 1.43. The summed E-state index contributed by atoms with van der Waals surface area (Å²) < 4.78 is 37.5. The van der Waals surface area contributed by atoms with Crippen LogP contribution < -0.4 is 5.32 Å². The quantitative estimate of drug-likeness (QED) is 0.923. The lowest BCUT2D eigenvalue weighted by molar-refractivity contribution is -0.137. The zero-order valence-corrected chi connectivity index (χ0v) is 10.6. The molecule has 3 nitrogen and oxygen atoms in total. The van der Waals surface area contributed by atoms with Gasteiger partial charge >= 0.3 is 6.18 Å². The highest BCUT2D eigenvalue weighted by molar-refractivity contribution is 6.30. The smallest absolute Gasteiger partial charge is 0.376 e. The molecule has 0 saturated carbocycles. The Hall–Kier alpha value is -1.43. The van der Waals surface area contributed by atoms with Crippen LogP contribution in [0.3, 0.4) is 0 Å². The molecule has 0 bridgehead atoms. The summed E-state index contributed by atoms with van der Waals surface area (Å²) in [5.74, 6) is -0.247. The van der Waals surface area contributed by atoms with E-state index < -0.39 is 11.7 Å². The van der Waals surface area contributed by atoms with Crippen molar-refractivity contribution in [2.45, 2.75) is 6.18 Å². The number of carbonyl (C=O) groups excluding carboxylic acids is 1. The van der Waals surface area contributed by atoms with Gasteiger partial charge in [0.2, 0.25) is 5.91 Å². The van der Waals surface area contributed by atoms with Gasteiger partial charge in [-0.15, -0.1) is 0 Å². The summed E-state index contributed by atoms with van der Waals surface area (Å²) in [6.07, 6.45) is -4.47. The Balaban J connectivity index is 2.84. The standard InChI is InChI=1S/C11H12ClF3N2O/c1-17(2)10(18)6-16-9-4-7(11(13,14)15)3-8(12)5-9/h3-5,16H,6H2,1-2H3. The number of alkyl halides is 3. The third-order valence-corrected chi connectivity index (χ3v) is 2.39. The molecule has 0 atom stereocenters. The van der Waals surface area contributed by atoms with E-state index in [1.807, 2.05) is 0 Å². The fraction of sp³-hybridized carbons (Fsp3) is 0.364. The average Bonchev–Trinajstić information content (AvgIpc) is 2.23. The van der Waals surface area contributed by atoms with Crippen molar-refractivity contribution in [1.29, 1.82) is 0 Å². The van der Waals surface area contributed by atoms with Gasteiger partial charge in [0.25, 0.3) is 0 Å². The maximum absolute atomic E-state index is 12.5. The Kier molecular flexibility index (Phi) is 4.45. The molecule has 0 radical (unpaired) electrons. The Morgan fingerprint density at radius 2 is 1.94 bits per heavy atom. The molecule has 1 amide bonds. The van der Waals surface area contributed by atoms with Crippen LogP contribution in [0, 0.1) is 0 Å². The number of nitrogens with zero attached hydrogens (tertiary/aromatic N) is 1. The van der Waals surface area contributed by atoms with Crippen molar-refractivity contribution in [2.75, 3.05) is 26.0 Å². The van der Waals surface area contributed by atoms with Gasteiger partial charge in [-0.3, -0.25) is 4.79 Å². The van der Waals surface area contributed by atoms with E-state index in [4.69, 9.17) is 11.6 Å². The number of nitrogens with one attached hydrogen (secondary N) is 1.